The van der Waals surface area contributed by atoms with Gasteiger partial charge in [-0.15, -0.1) is 0 Å². The maximum absolute atomic E-state index is 12.7. The van der Waals surface area contributed by atoms with Gasteiger partial charge in [0.15, 0.2) is 0 Å². The molecule has 5 heteroatoms. The van der Waals surface area contributed by atoms with Gasteiger partial charge in [-0.2, -0.15) is 13.2 Å². The summed E-state index contributed by atoms with van der Waals surface area (Å²) >= 11 is 3.34. The van der Waals surface area contributed by atoms with E-state index in [9.17, 15) is 13.2 Å². The Hall–Kier alpha value is -1.33. The van der Waals surface area contributed by atoms with Crippen molar-refractivity contribution in [2.24, 2.45) is 5.73 Å². The van der Waals surface area contributed by atoms with Gasteiger partial charge in [0.2, 0.25) is 0 Å². The van der Waals surface area contributed by atoms with Gasteiger partial charge in [0.1, 0.15) is 0 Å². The van der Waals surface area contributed by atoms with Crippen LogP contribution in [0, 0.1) is 0 Å². The largest absolute Gasteiger partial charge is 0.416 e. The molecule has 1 atom stereocenters. The molecule has 0 aliphatic heterocycles. The van der Waals surface area contributed by atoms with Gasteiger partial charge in [-0.3, -0.25) is 0 Å². The van der Waals surface area contributed by atoms with E-state index in [2.05, 4.69) is 15.9 Å². The highest BCUT2D eigenvalue weighted by atomic mass is 79.9. The Morgan fingerprint density at radius 3 is 2.19 bits per heavy atom. The van der Waals surface area contributed by atoms with Crippen molar-refractivity contribution in [3.05, 3.63) is 69.7 Å². The van der Waals surface area contributed by atoms with Gasteiger partial charge in [0.05, 0.1) is 5.56 Å². The van der Waals surface area contributed by atoms with E-state index in [1.807, 2.05) is 31.2 Å². The van der Waals surface area contributed by atoms with Crippen LogP contribution in [0.2, 0.25) is 0 Å². The second-order valence-corrected chi connectivity index (χ2v) is 6.21. The molecule has 2 N–H and O–H groups in total. The van der Waals surface area contributed by atoms with Crippen LogP contribution in [0.4, 0.5) is 13.2 Å². The molecule has 0 radical (unpaired) electrons. The Bertz CT molecular complexity index is 618. The Kier molecular flexibility index (Phi) is 4.44. The summed E-state index contributed by atoms with van der Waals surface area (Å²) in [7, 11) is 0. The quantitative estimate of drug-likeness (QED) is 0.831. The molecule has 0 spiro atoms. The van der Waals surface area contributed by atoms with Crippen molar-refractivity contribution >= 4 is 15.9 Å². The van der Waals surface area contributed by atoms with E-state index < -0.39 is 17.3 Å². The van der Waals surface area contributed by atoms with Crippen LogP contribution in [-0.4, -0.2) is 0 Å². The molecule has 0 amide bonds. The minimum Gasteiger partial charge on any atom is -0.321 e. The van der Waals surface area contributed by atoms with Crippen LogP contribution in [0.25, 0.3) is 0 Å². The van der Waals surface area contributed by atoms with E-state index in [0.29, 0.717) is 12.0 Å². The Morgan fingerprint density at radius 2 is 1.62 bits per heavy atom. The summed E-state index contributed by atoms with van der Waals surface area (Å²) in [5.74, 6) is 0. The highest BCUT2D eigenvalue weighted by Gasteiger charge is 2.31. The van der Waals surface area contributed by atoms with Crippen molar-refractivity contribution in [1.29, 1.82) is 0 Å². The molecule has 2 aromatic carbocycles. The van der Waals surface area contributed by atoms with Crippen molar-refractivity contribution in [1.82, 2.24) is 0 Å². The first-order valence-corrected chi connectivity index (χ1v) is 7.19. The summed E-state index contributed by atoms with van der Waals surface area (Å²) in [6.45, 7) is 1.82. The first-order valence-electron chi connectivity index (χ1n) is 6.39. The van der Waals surface area contributed by atoms with Gasteiger partial charge in [-0.25, -0.2) is 0 Å². The Balaban J connectivity index is 2.26. The number of hydrogen-bond donors (Lipinski definition) is 1. The molecule has 0 saturated heterocycles. The van der Waals surface area contributed by atoms with Crippen LogP contribution >= 0.6 is 15.9 Å². The molecular formula is C16H15BrF3N. The number of rotatable bonds is 3. The molecule has 0 saturated carbocycles. The molecule has 21 heavy (non-hydrogen) atoms. The smallest absolute Gasteiger partial charge is 0.321 e. The van der Waals surface area contributed by atoms with Crippen molar-refractivity contribution in [2.75, 3.05) is 0 Å². The lowest BCUT2D eigenvalue weighted by Crippen LogP contribution is -2.35. The third kappa shape index (κ3) is 4.08. The van der Waals surface area contributed by atoms with Crippen LogP contribution in [0.15, 0.2) is 53.0 Å². The van der Waals surface area contributed by atoms with Gasteiger partial charge < -0.3 is 5.73 Å². The van der Waals surface area contributed by atoms with E-state index in [0.717, 1.165) is 22.2 Å². The zero-order valence-electron chi connectivity index (χ0n) is 11.4. The first kappa shape index (κ1) is 16.0. The Labute approximate surface area is 130 Å². The lowest BCUT2D eigenvalue weighted by Gasteiger charge is -2.26. The first-order chi connectivity index (χ1) is 9.68. The third-order valence-corrected chi connectivity index (χ3v) is 3.86. The molecule has 2 aromatic rings. The average molecular weight is 358 g/mol. The minimum absolute atomic E-state index is 0.332. The van der Waals surface area contributed by atoms with Crippen LogP contribution in [0.3, 0.4) is 0 Å². The van der Waals surface area contributed by atoms with E-state index >= 15 is 0 Å². The fourth-order valence-corrected chi connectivity index (χ4v) is 2.48. The summed E-state index contributed by atoms with van der Waals surface area (Å²) in [6.07, 6.45) is -4.00. The fourth-order valence-electron chi connectivity index (χ4n) is 2.21. The van der Waals surface area contributed by atoms with E-state index in [4.69, 9.17) is 5.73 Å². The molecule has 0 bridgehead atoms. The average Bonchev–Trinajstić information content (AvgIpc) is 2.38. The lowest BCUT2D eigenvalue weighted by molar-refractivity contribution is -0.137. The number of hydrogen-bond acceptors (Lipinski definition) is 1. The maximum atomic E-state index is 12.7. The number of halogens is 4. The Morgan fingerprint density at radius 1 is 1.00 bits per heavy atom. The fraction of sp³-hybridized carbons (Fsp3) is 0.250. The van der Waals surface area contributed by atoms with E-state index in [-0.39, 0.29) is 0 Å². The monoisotopic (exact) mass is 357 g/mol. The van der Waals surface area contributed by atoms with Gasteiger partial charge in [-0.05, 0) is 42.7 Å². The second-order valence-electron chi connectivity index (χ2n) is 5.30. The summed E-state index contributed by atoms with van der Waals surface area (Å²) < 4.78 is 39.1. The molecule has 2 rings (SSSR count). The summed E-state index contributed by atoms with van der Waals surface area (Å²) in [5, 5.41) is 0. The van der Waals surface area contributed by atoms with Crippen LogP contribution in [0.5, 0.6) is 0 Å². The normalized spacial score (nSPS) is 14.8. The molecule has 0 aliphatic carbocycles. The van der Waals surface area contributed by atoms with Crippen molar-refractivity contribution in [2.45, 2.75) is 25.1 Å². The van der Waals surface area contributed by atoms with Crippen LogP contribution < -0.4 is 5.73 Å². The zero-order valence-corrected chi connectivity index (χ0v) is 13.0. The summed E-state index contributed by atoms with van der Waals surface area (Å²) in [4.78, 5) is 0. The highest BCUT2D eigenvalue weighted by molar-refractivity contribution is 9.10. The summed E-state index contributed by atoms with van der Waals surface area (Å²) in [6, 6.07) is 12.8. The third-order valence-electron chi connectivity index (χ3n) is 3.33. The van der Waals surface area contributed by atoms with E-state index in [1.165, 1.54) is 6.07 Å². The molecule has 112 valence electrons. The molecule has 0 fully saturated rings. The standard InChI is InChI=1S/C16H15BrF3N/c1-15(21,12-5-7-14(17)8-6-12)10-11-3-2-4-13(9-11)16(18,19)20/h2-9H,10,21H2,1H3. The number of alkyl halides is 3. The topological polar surface area (TPSA) is 26.0 Å². The lowest BCUT2D eigenvalue weighted by atomic mass is 9.86. The minimum atomic E-state index is -4.33. The SMILES string of the molecule is CC(N)(Cc1cccc(C(F)(F)F)c1)c1ccc(Br)cc1. The van der Waals surface area contributed by atoms with Gasteiger partial charge in [0.25, 0.3) is 0 Å². The van der Waals surface area contributed by atoms with Crippen molar-refractivity contribution < 1.29 is 13.2 Å². The molecule has 1 nitrogen and oxygen atoms in total. The molecule has 1 unspecified atom stereocenters. The number of nitrogens with two attached hydrogens (primary N) is 1. The molecule has 0 heterocycles. The van der Waals surface area contributed by atoms with Crippen LogP contribution in [-0.2, 0) is 18.1 Å². The maximum Gasteiger partial charge on any atom is 0.416 e. The van der Waals surface area contributed by atoms with Gasteiger partial charge in [-0.1, -0.05) is 46.3 Å². The predicted molar refractivity (Wildman–Crippen MR) is 80.8 cm³/mol. The van der Waals surface area contributed by atoms with Crippen molar-refractivity contribution in [3.63, 3.8) is 0 Å². The molecule has 0 aliphatic rings. The molecule has 0 aromatic heterocycles. The molecular weight excluding hydrogens is 343 g/mol. The second kappa shape index (κ2) is 5.81. The van der Waals surface area contributed by atoms with Gasteiger partial charge >= 0.3 is 6.18 Å². The van der Waals surface area contributed by atoms with E-state index in [1.54, 1.807) is 6.07 Å². The predicted octanol–water partition coefficient (Wildman–Crippen LogP) is 4.88. The van der Waals surface area contributed by atoms with Gasteiger partial charge in [0, 0.05) is 10.0 Å². The van der Waals surface area contributed by atoms with Crippen LogP contribution in [0.1, 0.15) is 23.6 Å². The zero-order chi connectivity index (χ0) is 15.7. The highest BCUT2D eigenvalue weighted by Crippen LogP contribution is 2.31. The van der Waals surface area contributed by atoms with Crippen molar-refractivity contribution in [3.8, 4) is 0 Å². The summed E-state index contributed by atoms with van der Waals surface area (Å²) in [5.41, 5.74) is 6.35. The number of benzene rings is 2.